The minimum absolute atomic E-state index is 0.236. The van der Waals surface area contributed by atoms with Crippen LogP contribution in [0.5, 0.6) is 5.75 Å². The monoisotopic (exact) mass is 413 g/mol. The average Bonchev–Trinajstić information content (AvgIpc) is 2.90. The van der Waals surface area contributed by atoms with Gasteiger partial charge in [0.25, 0.3) is 11.5 Å². The molecule has 0 bridgehead atoms. The molecule has 0 aliphatic heterocycles. The molecule has 1 N–H and O–H groups in total. The molecule has 7 heteroatoms. The van der Waals surface area contributed by atoms with Crippen LogP contribution in [0.4, 0.5) is 5.69 Å². The zero-order valence-electron chi connectivity index (χ0n) is 17.1. The maximum absolute atomic E-state index is 12.9. The van der Waals surface area contributed by atoms with Crippen LogP contribution in [0.1, 0.15) is 23.7 Å². The number of benzene rings is 2. The zero-order valence-corrected chi connectivity index (χ0v) is 17.9. The van der Waals surface area contributed by atoms with Gasteiger partial charge in [-0.15, -0.1) is 0 Å². The lowest BCUT2D eigenvalue weighted by molar-refractivity contribution is -0.122. The zero-order chi connectivity index (χ0) is 21.3. The van der Waals surface area contributed by atoms with Gasteiger partial charge in [-0.3, -0.25) is 14.3 Å². The Morgan fingerprint density at radius 1 is 1.10 bits per heavy atom. The summed E-state index contributed by atoms with van der Waals surface area (Å²) in [4.78, 5) is 25.6. The van der Waals surface area contributed by atoms with Crippen molar-refractivity contribution in [3.05, 3.63) is 74.7 Å². The van der Waals surface area contributed by atoms with E-state index in [-0.39, 0.29) is 11.2 Å². The summed E-state index contributed by atoms with van der Waals surface area (Å²) >= 11 is 6.18. The fourth-order valence-corrected chi connectivity index (χ4v) is 3.28. The van der Waals surface area contributed by atoms with E-state index in [0.29, 0.717) is 16.5 Å². The molecule has 0 saturated heterocycles. The SMILES string of the molecule is Cc1cc(O[C@H](C)C(=O)Nc2c(C)n(C)n(-c3ccccc3)c2=O)cc(C)c1Cl. The summed E-state index contributed by atoms with van der Waals surface area (Å²) in [6, 6.07) is 12.8. The molecule has 1 heterocycles. The van der Waals surface area contributed by atoms with Gasteiger partial charge in [0.1, 0.15) is 11.4 Å². The first-order chi connectivity index (χ1) is 13.7. The fourth-order valence-electron chi connectivity index (χ4n) is 3.17. The predicted molar refractivity (Wildman–Crippen MR) is 115 cm³/mol. The second-order valence-corrected chi connectivity index (χ2v) is 7.43. The molecule has 0 aliphatic carbocycles. The molecule has 1 aromatic heterocycles. The van der Waals surface area contributed by atoms with Crippen molar-refractivity contribution in [3.63, 3.8) is 0 Å². The van der Waals surface area contributed by atoms with Crippen LogP contribution >= 0.6 is 11.6 Å². The number of halogens is 1. The van der Waals surface area contributed by atoms with E-state index in [0.717, 1.165) is 16.8 Å². The largest absolute Gasteiger partial charge is 0.481 e. The number of rotatable bonds is 5. The Bertz CT molecular complexity index is 1090. The van der Waals surface area contributed by atoms with E-state index in [2.05, 4.69) is 5.32 Å². The number of nitrogens with one attached hydrogen (secondary N) is 1. The molecule has 0 saturated carbocycles. The van der Waals surface area contributed by atoms with Gasteiger partial charge in [-0.2, -0.15) is 0 Å². The Kier molecular flexibility index (Phi) is 5.84. The van der Waals surface area contributed by atoms with Crippen LogP contribution in [0.3, 0.4) is 0 Å². The normalized spacial score (nSPS) is 11.9. The van der Waals surface area contributed by atoms with Gasteiger partial charge in [-0.05, 0) is 63.1 Å². The van der Waals surface area contributed by atoms with Crippen LogP contribution in [0, 0.1) is 20.8 Å². The Balaban J connectivity index is 1.83. The highest BCUT2D eigenvalue weighted by atomic mass is 35.5. The summed E-state index contributed by atoms with van der Waals surface area (Å²) < 4.78 is 9.01. The van der Waals surface area contributed by atoms with Gasteiger partial charge in [-0.25, -0.2) is 4.68 Å². The number of aryl methyl sites for hydroxylation is 2. The van der Waals surface area contributed by atoms with E-state index in [9.17, 15) is 9.59 Å². The second kappa shape index (κ2) is 8.17. The Hall–Kier alpha value is -2.99. The summed E-state index contributed by atoms with van der Waals surface area (Å²) in [7, 11) is 1.78. The van der Waals surface area contributed by atoms with Crippen LogP contribution < -0.4 is 15.6 Å². The third-order valence-electron chi connectivity index (χ3n) is 4.89. The van der Waals surface area contributed by atoms with Gasteiger partial charge >= 0.3 is 0 Å². The van der Waals surface area contributed by atoms with Gasteiger partial charge in [0, 0.05) is 12.1 Å². The molecule has 6 nitrogen and oxygen atoms in total. The van der Waals surface area contributed by atoms with Crippen molar-refractivity contribution < 1.29 is 9.53 Å². The first-order valence-corrected chi connectivity index (χ1v) is 9.66. The van der Waals surface area contributed by atoms with E-state index < -0.39 is 12.0 Å². The van der Waals surface area contributed by atoms with Crippen LogP contribution in [0.25, 0.3) is 5.69 Å². The van der Waals surface area contributed by atoms with Gasteiger partial charge in [0.05, 0.1) is 11.4 Å². The lowest BCUT2D eigenvalue weighted by atomic mass is 10.1. The third kappa shape index (κ3) is 4.07. The Morgan fingerprint density at radius 2 is 1.69 bits per heavy atom. The van der Waals surface area contributed by atoms with Gasteiger partial charge in [-0.1, -0.05) is 29.8 Å². The molecule has 0 spiro atoms. The second-order valence-electron chi connectivity index (χ2n) is 7.06. The minimum atomic E-state index is -0.792. The molecular formula is C22H24ClN3O3. The third-order valence-corrected chi connectivity index (χ3v) is 5.49. The molecule has 0 radical (unpaired) electrons. The number of nitrogens with zero attached hydrogens (tertiary/aromatic N) is 2. The Labute approximate surface area is 174 Å². The van der Waals surface area contributed by atoms with Crippen molar-refractivity contribution in [2.75, 3.05) is 5.32 Å². The molecule has 1 atom stereocenters. The van der Waals surface area contributed by atoms with E-state index in [4.69, 9.17) is 16.3 Å². The first kappa shape index (κ1) is 20.7. The van der Waals surface area contributed by atoms with Crippen molar-refractivity contribution in [1.29, 1.82) is 0 Å². The van der Waals surface area contributed by atoms with Crippen molar-refractivity contribution in [2.45, 2.75) is 33.8 Å². The van der Waals surface area contributed by atoms with Crippen molar-refractivity contribution in [2.24, 2.45) is 7.05 Å². The van der Waals surface area contributed by atoms with Crippen LogP contribution in [-0.4, -0.2) is 21.4 Å². The van der Waals surface area contributed by atoms with Gasteiger partial charge in [0.2, 0.25) is 0 Å². The number of aromatic nitrogens is 2. The molecule has 3 aromatic rings. The molecule has 3 rings (SSSR count). The van der Waals surface area contributed by atoms with Crippen LogP contribution in [-0.2, 0) is 11.8 Å². The highest BCUT2D eigenvalue weighted by Gasteiger charge is 2.22. The standard InChI is InChI=1S/C22H24ClN3O3/c1-13-11-18(12-14(2)19(13)23)29-16(4)21(27)24-20-15(3)25(5)26(22(20)28)17-9-7-6-8-10-17/h6-12,16H,1-5H3,(H,24,27)/t16-/m1/s1. The van der Waals surface area contributed by atoms with Crippen LogP contribution in [0.2, 0.25) is 5.02 Å². The number of carbonyl (C=O) groups excluding carboxylic acids is 1. The summed E-state index contributed by atoms with van der Waals surface area (Å²) in [6.07, 6.45) is -0.792. The average molecular weight is 414 g/mol. The molecule has 1 amide bonds. The van der Waals surface area contributed by atoms with Crippen LogP contribution in [0.15, 0.2) is 47.3 Å². The number of hydrogen-bond acceptors (Lipinski definition) is 3. The molecule has 29 heavy (non-hydrogen) atoms. The van der Waals surface area contributed by atoms with Gasteiger partial charge < -0.3 is 10.1 Å². The molecule has 2 aromatic carbocycles. The van der Waals surface area contributed by atoms with E-state index in [1.807, 2.05) is 44.2 Å². The first-order valence-electron chi connectivity index (χ1n) is 9.29. The number of hydrogen-bond donors (Lipinski definition) is 1. The molecule has 0 unspecified atom stereocenters. The topological polar surface area (TPSA) is 65.3 Å². The molecular weight excluding hydrogens is 390 g/mol. The number of anilines is 1. The smallest absolute Gasteiger partial charge is 0.295 e. The number of amides is 1. The summed E-state index contributed by atoms with van der Waals surface area (Å²) in [5, 5.41) is 3.40. The van der Waals surface area contributed by atoms with E-state index >= 15 is 0 Å². The highest BCUT2D eigenvalue weighted by Crippen LogP contribution is 2.26. The molecule has 152 valence electrons. The summed E-state index contributed by atoms with van der Waals surface area (Å²) in [5.74, 6) is 0.153. The van der Waals surface area contributed by atoms with E-state index in [1.165, 1.54) is 4.68 Å². The molecule has 0 fully saturated rings. The quantitative estimate of drug-likeness (QED) is 0.683. The lowest BCUT2D eigenvalue weighted by Crippen LogP contribution is -2.32. The van der Waals surface area contributed by atoms with Crippen molar-refractivity contribution >= 4 is 23.2 Å². The van der Waals surface area contributed by atoms with E-state index in [1.54, 1.807) is 37.7 Å². The predicted octanol–water partition coefficient (Wildman–Crippen LogP) is 4.16. The molecule has 0 aliphatic rings. The summed E-state index contributed by atoms with van der Waals surface area (Å²) in [6.45, 7) is 7.19. The van der Waals surface area contributed by atoms with Gasteiger partial charge in [0.15, 0.2) is 6.10 Å². The highest BCUT2D eigenvalue weighted by molar-refractivity contribution is 6.32. The lowest BCUT2D eigenvalue weighted by Gasteiger charge is -2.16. The maximum Gasteiger partial charge on any atom is 0.295 e. The number of ether oxygens (including phenoxy) is 1. The minimum Gasteiger partial charge on any atom is -0.481 e. The van der Waals surface area contributed by atoms with Crippen molar-refractivity contribution in [1.82, 2.24) is 9.36 Å². The number of para-hydroxylation sites is 1. The fraction of sp³-hybridized carbons (Fsp3) is 0.273. The number of carbonyl (C=O) groups is 1. The van der Waals surface area contributed by atoms with Crippen molar-refractivity contribution in [3.8, 4) is 11.4 Å². The maximum atomic E-state index is 12.9. The Morgan fingerprint density at radius 3 is 2.28 bits per heavy atom. The summed E-state index contributed by atoms with van der Waals surface area (Å²) in [5.41, 5.74) is 3.06.